The van der Waals surface area contributed by atoms with Crippen molar-refractivity contribution in [2.75, 3.05) is 6.54 Å². The van der Waals surface area contributed by atoms with E-state index in [2.05, 4.69) is 5.32 Å². The topological polar surface area (TPSA) is 49.3 Å². The summed E-state index contributed by atoms with van der Waals surface area (Å²) in [6, 6.07) is 5.62. The van der Waals surface area contributed by atoms with E-state index >= 15 is 0 Å². The number of aliphatic carboxylic acids is 1. The molecule has 0 saturated carbocycles. The van der Waals surface area contributed by atoms with Crippen LogP contribution in [0.2, 0.25) is 0 Å². The van der Waals surface area contributed by atoms with Gasteiger partial charge in [0.25, 0.3) is 0 Å². The molecule has 0 aliphatic rings. The Kier molecular flexibility index (Phi) is 7.07. The van der Waals surface area contributed by atoms with Gasteiger partial charge in [-0.15, -0.1) is 0 Å². The van der Waals surface area contributed by atoms with Crippen LogP contribution in [0, 0.1) is 5.82 Å². The maximum atomic E-state index is 12.7. The molecule has 0 unspecified atom stereocenters. The Bertz CT molecular complexity index is 329. The predicted molar refractivity (Wildman–Crippen MR) is 62.2 cm³/mol. The first-order chi connectivity index (χ1) is 7.13. The molecule has 0 heterocycles. The summed E-state index contributed by atoms with van der Waals surface area (Å²) in [5.41, 5.74) is 0.792. The van der Waals surface area contributed by atoms with Crippen LogP contribution >= 0.6 is 0 Å². The van der Waals surface area contributed by atoms with Crippen molar-refractivity contribution in [2.24, 2.45) is 0 Å². The van der Waals surface area contributed by atoms with E-state index in [1.54, 1.807) is 12.1 Å². The van der Waals surface area contributed by atoms with Crippen LogP contribution in [0.15, 0.2) is 24.3 Å². The monoisotopic (exact) mass is 219 g/mol. The summed E-state index contributed by atoms with van der Waals surface area (Å²) < 4.78 is 12.7. The van der Waals surface area contributed by atoms with Gasteiger partial charge in [-0.05, 0) is 24.2 Å². The Morgan fingerprint density at radius 2 is 2.00 bits per heavy atom. The molecule has 0 aliphatic heterocycles. The van der Waals surface area contributed by atoms with Crippen molar-refractivity contribution in [2.45, 2.75) is 19.4 Å². The van der Waals surface area contributed by atoms with Crippen molar-refractivity contribution in [3.63, 3.8) is 0 Å². The fourth-order valence-electron chi connectivity index (χ4n) is 1.42. The van der Waals surface area contributed by atoms with Gasteiger partial charge in [0.15, 0.2) is 0 Å². The van der Waals surface area contributed by atoms with Gasteiger partial charge in [-0.2, -0.15) is 0 Å². The fourth-order valence-corrected chi connectivity index (χ4v) is 1.42. The van der Waals surface area contributed by atoms with E-state index < -0.39 is 5.97 Å². The molecule has 0 saturated heterocycles. The third kappa shape index (κ3) is 4.80. The number of halogens is 1. The van der Waals surface area contributed by atoms with Gasteiger partial charge in [0.1, 0.15) is 5.82 Å². The predicted octanol–water partition coefficient (Wildman–Crippen LogP) is 1.30. The summed E-state index contributed by atoms with van der Waals surface area (Å²) in [5.74, 6) is -1.19. The van der Waals surface area contributed by atoms with Gasteiger partial charge >= 0.3 is 24.8 Å². The molecule has 0 bridgehead atoms. The zero-order valence-corrected chi connectivity index (χ0v) is 8.53. The van der Waals surface area contributed by atoms with E-state index in [0.29, 0.717) is 6.54 Å². The molecule has 0 fully saturated rings. The first-order valence-corrected chi connectivity index (χ1v) is 4.84. The van der Waals surface area contributed by atoms with E-state index in [4.69, 9.17) is 5.11 Å². The molecule has 16 heavy (non-hydrogen) atoms. The minimum atomic E-state index is -0.870. The molecular weight excluding hydrogens is 204 g/mol. The molecule has 1 aromatic rings. The quantitative estimate of drug-likeness (QED) is 0.734. The first kappa shape index (κ1) is 15.2. The van der Waals surface area contributed by atoms with E-state index in [1.807, 2.05) is 6.92 Å². The minimum absolute atomic E-state index is 0. The van der Waals surface area contributed by atoms with Crippen LogP contribution in [0.3, 0.4) is 0 Å². The molecule has 5 heteroatoms. The molecule has 3 nitrogen and oxygen atoms in total. The Balaban J connectivity index is 0.00000225. The summed E-state index contributed by atoms with van der Waals surface area (Å²) >= 11 is 0. The van der Waals surface area contributed by atoms with Gasteiger partial charge in [-0.25, -0.2) is 4.39 Å². The zero-order valence-electron chi connectivity index (χ0n) is 8.53. The van der Waals surface area contributed by atoms with Crippen LogP contribution in [0.4, 0.5) is 4.39 Å². The van der Waals surface area contributed by atoms with E-state index in [0.717, 1.165) is 5.56 Å². The molecule has 1 atom stereocenters. The first-order valence-electron chi connectivity index (χ1n) is 4.84. The number of carboxylic acids is 1. The number of nitrogens with one attached hydrogen (secondary N) is 1. The van der Waals surface area contributed by atoms with E-state index in [1.165, 1.54) is 12.1 Å². The average molecular weight is 219 g/mol. The molecule has 0 spiro atoms. The van der Waals surface area contributed by atoms with Gasteiger partial charge in [0.05, 0.1) is 6.42 Å². The summed E-state index contributed by atoms with van der Waals surface area (Å²) in [7, 11) is 0. The van der Waals surface area contributed by atoms with Gasteiger partial charge < -0.3 is 10.4 Å². The number of hydrogen-bond acceptors (Lipinski definition) is 2. The van der Waals surface area contributed by atoms with E-state index in [9.17, 15) is 9.18 Å². The second kappa shape index (κ2) is 7.45. The number of carboxylic acid groups (broad SMARTS) is 1. The average Bonchev–Trinajstić information content (AvgIpc) is 2.17. The van der Waals surface area contributed by atoms with Gasteiger partial charge in [-0.3, -0.25) is 4.79 Å². The summed E-state index contributed by atoms with van der Waals surface area (Å²) in [6.07, 6.45) is -0.000523. The third-order valence-electron chi connectivity index (χ3n) is 2.10. The van der Waals surface area contributed by atoms with E-state index in [-0.39, 0.29) is 37.1 Å². The second-order valence-corrected chi connectivity index (χ2v) is 3.26. The number of carbonyl (C=O) groups is 1. The normalized spacial score (nSPS) is 11.6. The fraction of sp³-hybridized carbons (Fsp3) is 0.364. The SMILES string of the molecule is CCN[C@H](CC(=O)O)c1ccc(F)cc1.[LiH]. The molecule has 0 aromatic heterocycles. The number of rotatable bonds is 5. The van der Waals surface area contributed by atoms with Gasteiger partial charge in [0.2, 0.25) is 0 Å². The Hall–Kier alpha value is -0.823. The Morgan fingerprint density at radius 3 is 2.44 bits per heavy atom. The molecule has 0 aliphatic carbocycles. The molecule has 84 valence electrons. The third-order valence-corrected chi connectivity index (χ3v) is 2.10. The van der Waals surface area contributed by atoms with Crippen LogP contribution < -0.4 is 5.32 Å². The standard InChI is InChI=1S/C11H14FNO2.Li.H/c1-2-13-10(7-11(14)15)8-3-5-9(12)6-4-8;;/h3-6,10,13H,2,7H2,1H3,(H,14,15);;/t10-;;/m1../s1. The van der Waals surface area contributed by atoms with Crippen LogP contribution in [0.1, 0.15) is 24.9 Å². The Morgan fingerprint density at radius 1 is 1.44 bits per heavy atom. The van der Waals surface area contributed by atoms with Gasteiger partial charge in [-0.1, -0.05) is 19.1 Å². The van der Waals surface area contributed by atoms with Crippen LogP contribution in [0.5, 0.6) is 0 Å². The molecule has 0 radical (unpaired) electrons. The van der Waals surface area contributed by atoms with Crippen molar-refractivity contribution in [3.8, 4) is 0 Å². The molecule has 1 rings (SSSR count). The summed E-state index contributed by atoms with van der Waals surface area (Å²) in [4.78, 5) is 10.6. The molecule has 1 aromatic carbocycles. The molecule has 0 amide bonds. The van der Waals surface area contributed by atoms with Crippen molar-refractivity contribution in [1.82, 2.24) is 5.32 Å². The van der Waals surface area contributed by atoms with Crippen molar-refractivity contribution in [3.05, 3.63) is 35.6 Å². The Labute approximate surface area is 106 Å². The van der Waals surface area contributed by atoms with Crippen molar-refractivity contribution >= 4 is 24.8 Å². The van der Waals surface area contributed by atoms with Gasteiger partial charge in [0, 0.05) is 6.04 Å². The van der Waals surface area contributed by atoms with Crippen LogP contribution in [-0.4, -0.2) is 36.5 Å². The number of benzene rings is 1. The molecule has 2 N–H and O–H groups in total. The summed E-state index contributed by atoms with van der Waals surface area (Å²) in [5, 5.41) is 11.8. The number of hydrogen-bond donors (Lipinski definition) is 2. The second-order valence-electron chi connectivity index (χ2n) is 3.26. The molecular formula is C11H15FLiNO2. The van der Waals surface area contributed by atoms with Crippen molar-refractivity contribution < 1.29 is 14.3 Å². The van der Waals surface area contributed by atoms with Crippen LogP contribution in [0.25, 0.3) is 0 Å². The van der Waals surface area contributed by atoms with Crippen molar-refractivity contribution in [1.29, 1.82) is 0 Å². The maximum absolute atomic E-state index is 12.7. The van der Waals surface area contributed by atoms with Crippen LogP contribution in [-0.2, 0) is 4.79 Å². The zero-order chi connectivity index (χ0) is 11.3. The summed E-state index contributed by atoms with van der Waals surface area (Å²) in [6.45, 7) is 2.58.